The van der Waals surface area contributed by atoms with Gasteiger partial charge < -0.3 is 9.47 Å². The van der Waals surface area contributed by atoms with Gasteiger partial charge in [0.15, 0.2) is 5.78 Å². The molecule has 0 radical (unpaired) electrons. The van der Waals surface area contributed by atoms with Crippen molar-refractivity contribution in [3.8, 4) is 0 Å². The van der Waals surface area contributed by atoms with E-state index in [0.717, 1.165) is 0 Å². The molecular formula is C9H12O4. The van der Waals surface area contributed by atoms with Crippen molar-refractivity contribution in [3.63, 3.8) is 0 Å². The average molecular weight is 184 g/mol. The van der Waals surface area contributed by atoms with Crippen LogP contribution in [0.1, 0.15) is 13.8 Å². The second-order valence-corrected chi connectivity index (χ2v) is 2.32. The molecule has 0 saturated carbocycles. The number of ether oxygens (including phenoxy) is 2. The molecule has 0 rings (SSSR count). The topological polar surface area (TPSA) is 52.6 Å². The molecule has 0 amide bonds. The number of hydrogen-bond acceptors (Lipinski definition) is 4. The second-order valence-electron chi connectivity index (χ2n) is 2.32. The van der Waals surface area contributed by atoms with Crippen LogP contribution in [0, 0.1) is 0 Å². The lowest BCUT2D eigenvalue weighted by Crippen LogP contribution is -2.06. The minimum atomic E-state index is -0.838. The van der Waals surface area contributed by atoms with Crippen LogP contribution >= 0.6 is 0 Å². The van der Waals surface area contributed by atoms with Crippen LogP contribution in [-0.4, -0.2) is 18.5 Å². The molecule has 0 aromatic carbocycles. The Morgan fingerprint density at radius 3 is 2.46 bits per heavy atom. The highest BCUT2D eigenvalue weighted by Crippen LogP contribution is 1.98. The molecule has 0 aromatic heterocycles. The summed E-state index contributed by atoms with van der Waals surface area (Å²) < 4.78 is 9.11. The van der Waals surface area contributed by atoms with Gasteiger partial charge in [-0.2, -0.15) is 0 Å². The Labute approximate surface area is 76.8 Å². The van der Waals surface area contributed by atoms with Crippen LogP contribution in [0.5, 0.6) is 0 Å². The van der Waals surface area contributed by atoms with E-state index in [1.165, 1.54) is 26.0 Å². The zero-order chi connectivity index (χ0) is 10.3. The number of carbonyl (C=O) groups excluding carboxylic acids is 2. The summed E-state index contributed by atoms with van der Waals surface area (Å²) >= 11 is 0. The Hall–Kier alpha value is -1.58. The van der Waals surface area contributed by atoms with Crippen molar-refractivity contribution < 1.29 is 19.1 Å². The Morgan fingerprint density at radius 1 is 1.38 bits per heavy atom. The van der Waals surface area contributed by atoms with E-state index in [-0.39, 0.29) is 18.1 Å². The van der Waals surface area contributed by atoms with Gasteiger partial charge in [0.25, 0.3) is 0 Å². The van der Waals surface area contributed by atoms with E-state index in [9.17, 15) is 9.59 Å². The van der Waals surface area contributed by atoms with E-state index in [0.29, 0.717) is 0 Å². The van der Waals surface area contributed by atoms with Crippen LogP contribution in [0.15, 0.2) is 24.5 Å². The maximum Gasteiger partial charge on any atom is 0.513 e. The van der Waals surface area contributed by atoms with E-state index in [1.54, 1.807) is 0 Å². The fraction of sp³-hybridized carbons (Fsp3) is 0.333. The molecule has 0 fully saturated rings. The van der Waals surface area contributed by atoms with Crippen molar-refractivity contribution in [3.05, 3.63) is 24.5 Å². The fourth-order valence-corrected chi connectivity index (χ4v) is 0.604. The van der Waals surface area contributed by atoms with Gasteiger partial charge in [-0.25, -0.2) is 4.79 Å². The van der Waals surface area contributed by atoms with Gasteiger partial charge in [-0.3, -0.25) is 4.79 Å². The minimum absolute atomic E-state index is 0.0895. The normalized spacial score (nSPS) is 10.5. The van der Waals surface area contributed by atoms with Gasteiger partial charge in [-0.1, -0.05) is 12.7 Å². The lowest BCUT2D eigenvalue weighted by atomic mass is 10.4. The zero-order valence-electron chi connectivity index (χ0n) is 7.70. The van der Waals surface area contributed by atoms with E-state index >= 15 is 0 Å². The van der Waals surface area contributed by atoms with Crippen LogP contribution in [0.2, 0.25) is 0 Å². The highest BCUT2D eigenvalue weighted by atomic mass is 16.7. The van der Waals surface area contributed by atoms with Crippen LogP contribution in [0.25, 0.3) is 0 Å². The molecule has 4 nitrogen and oxygen atoms in total. The molecule has 72 valence electrons. The molecule has 0 saturated heterocycles. The minimum Gasteiger partial charge on any atom is -0.430 e. The predicted molar refractivity (Wildman–Crippen MR) is 47.1 cm³/mol. The van der Waals surface area contributed by atoms with Crippen molar-refractivity contribution >= 4 is 11.9 Å². The molecule has 0 unspecified atom stereocenters. The molecular weight excluding hydrogens is 172 g/mol. The van der Waals surface area contributed by atoms with Gasteiger partial charge in [-0.05, 0) is 13.8 Å². The van der Waals surface area contributed by atoms with E-state index in [2.05, 4.69) is 16.1 Å². The summed E-state index contributed by atoms with van der Waals surface area (Å²) in [7, 11) is 0. The van der Waals surface area contributed by atoms with Crippen LogP contribution in [-0.2, 0) is 14.3 Å². The monoisotopic (exact) mass is 184 g/mol. The molecule has 13 heavy (non-hydrogen) atoms. The average Bonchev–Trinajstić information content (AvgIpc) is 1.98. The summed E-state index contributed by atoms with van der Waals surface area (Å²) in [6, 6.07) is 0. The van der Waals surface area contributed by atoms with Crippen molar-refractivity contribution in [1.82, 2.24) is 0 Å². The number of rotatable bonds is 4. The number of carbonyl (C=O) groups is 2. The molecule has 0 atom stereocenters. The maximum absolute atomic E-state index is 10.7. The van der Waals surface area contributed by atoms with Crippen molar-refractivity contribution in [2.75, 3.05) is 6.61 Å². The predicted octanol–water partition coefficient (Wildman–Crippen LogP) is 1.82. The standard InChI is InChI=1S/C9H12O4/c1-4-5-12-9(11)13-8(3)6-7(2)10/h4,6H,1,5H2,2-3H3. The van der Waals surface area contributed by atoms with Gasteiger partial charge in [0, 0.05) is 6.08 Å². The Bertz CT molecular complexity index is 240. The summed E-state index contributed by atoms with van der Waals surface area (Å²) in [6.07, 6.45) is 1.79. The summed E-state index contributed by atoms with van der Waals surface area (Å²) in [6.45, 7) is 6.31. The van der Waals surface area contributed by atoms with E-state index in [4.69, 9.17) is 0 Å². The van der Waals surface area contributed by atoms with E-state index in [1.807, 2.05) is 0 Å². The molecule has 4 heteroatoms. The zero-order valence-corrected chi connectivity index (χ0v) is 7.70. The van der Waals surface area contributed by atoms with Gasteiger partial charge in [0.05, 0.1) is 0 Å². The van der Waals surface area contributed by atoms with Crippen LogP contribution in [0.3, 0.4) is 0 Å². The molecule has 0 aromatic rings. The molecule has 0 aliphatic rings. The van der Waals surface area contributed by atoms with Crippen molar-refractivity contribution in [1.29, 1.82) is 0 Å². The maximum atomic E-state index is 10.7. The first-order chi connectivity index (χ1) is 6.06. The highest BCUT2D eigenvalue weighted by molar-refractivity contribution is 5.87. The summed E-state index contributed by atoms with van der Waals surface area (Å²) in [5, 5.41) is 0. The molecule has 0 N–H and O–H groups in total. The quantitative estimate of drug-likeness (QED) is 0.289. The summed E-state index contributed by atoms with van der Waals surface area (Å²) in [4.78, 5) is 21.3. The van der Waals surface area contributed by atoms with Gasteiger partial charge in [0.2, 0.25) is 0 Å². The summed E-state index contributed by atoms with van der Waals surface area (Å²) in [5.41, 5.74) is 0. The molecule has 0 spiro atoms. The Kier molecular flexibility index (Phi) is 5.27. The van der Waals surface area contributed by atoms with Crippen molar-refractivity contribution in [2.24, 2.45) is 0 Å². The highest BCUT2D eigenvalue weighted by Gasteiger charge is 2.03. The second kappa shape index (κ2) is 5.99. The van der Waals surface area contributed by atoms with Crippen LogP contribution < -0.4 is 0 Å². The largest absolute Gasteiger partial charge is 0.513 e. The molecule has 0 aliphatic heterocycles. The summed E-state index contributed by atoms with van der Waals surface area (Å²) in [5.74, 6) is 0.0237. The lowest BCUT2D eigenvalue weighted by Gasteiger charge is -2.02. The molecule has 0 bridgehead atoms. The fourth-order valence-electron chi connectivity index (χ4n) is 0.604. The first kappa shape index (κ1) is 11.4. The van der Waals surface area contributed by atoms with E-state index < -0.39 is 6.16 Å². The third kappa shape index (κ3) is 6.80. The van der Waals surface area contributed by atoms with Gasteiger partial charge in [0.1, 0.15) is 12.4 Å². The van der Waals surface area contributed by atoms with Crippen molar-refractivity contribution in [2.45, 2.75) is 13.8 Å². The molecule has 0 aliphatic carbocycles. The van der Waals surface area contributed by atoms with Gasteiger partial charge in [-0.15, -0.1) is 0 Å². The first-order valence-corrected chi connectivity index (χ1v) is 3.70. The number of allylic oxidation sites excluding steroid dienone is 2. The van der Waals surface area contributed by atoms with Crippen LogP contribution in [0.4, 0.5) is 4.79 Å². The molecule has 0 heterocycles. The number of hydrogen-bond donors (Lipinski definition) is 0. The third-order valence-electron chi connectivity index (χ3n) is 0.970. The lowest BCUT2D eigenvalue weighted by molar-refractivity contribution is -0.112. The smallest absolute Gasteiger partial charge is 0.430 e. The van der Waals surface area contributed by atoms with Gasteiger partial charge >= 0.3 is 6.16 Å². The Morgan fingerprint density at radius 2 is 2.00 bits per heavy atom. The third-order valence-corrected chi connectivity index (χ3v) is 0.970. The Balaban J connectivity index is 3.91. The number of ketones is 1. The SMILES string of the molecule is C=CCOC(=O)OC(C)=CC(C)=O. The first-order valence-electron chi connectivity index (χ1n) is 3.70.